The maximum atomic E-state index is 12.1. The molecular weight excluding hydrogens is 346 g/mol. The van der Waals surface area contributed by atoms with E-state index in [1.165, 1.54) is 4.90 Å². The first kappa shape index (κ1) is 18.3. The van der Waals surface area contributed by atoms with Gasteiger partial charge in [0.15, 0.2) is 0 Å². The first-order chi connectivity index (χ1) is 12.6. The number of nitrogens with one attached hydrogen (secondary N) is 3. The number of urea groups is 1. The van der Waals surface area contributed by atoms with Crippen molar-refractivity contribution in [2.45, 2.75) is 30.7 Å². The van der Waals surface area contributed by atoms with Crippen molar-refractivity contribution in [3.8, 4) is 0 Å². The molecule has 0 atom stereocenters. The number of carbonyl (C=O) groups is 2. The molecule has 6 heteroatoms. The number of benzene rings is 2. The number of amides is 3. The highest BCUT2D eigenvalue weighted by atomic mass is 32.2. The van der Waals surface area contributed by atoms with Crippen molar-refractivity contribution in [3.63, 3.8) is 0 Å². The number of anilines is 1. The second-order valence-electron chi connectivity index (χ2n) is 6.32. The normalized spacial score (nSPS) is 13.1. The minimum Gasteiger partial charge on any atom is -0.349 e. The van der Waals surface area contributed by atoms with Crippen molar-refractivity contribution in [3.05, 3.63) is 59.7 Å². The lowest BCUT2D eigenvalue weighted by Crippen LogP contribution is -2.31. The van der Waals surface area contributed by atoms with Gasteiger partial charge in [-0.1, -0.05) is 24.3 Å². The summed E-state index contributed by atoms with van der Waals surface area (Å²) in [6.07, 6.45) is 2.10. The van der Waals surface area contributed by atoms with Crippen molar-refractivity contribution in [2.24, 2.45) is 0 Å². The zero-order valence-electron chi connectivity index (χ0n) is 14.7. The molecule has 1 fully saturated rings. The van der Waals surface area contributed by atoms with E-state index in [4.69, 9.17) is 0 Å². The van der Waals surface area contributed by atoms with E-state index in [9.17, 15) is 9.59 Å². The minimum atomic E-state index is -0.262. The third-order valence-corrected chi connectivity index (χ3v) is 5.07. The number of hydrogen-bond acceptors (Lipinski definition) is 3. The quantitative estimate of drug-likeness (QED) is 0.513. The van der Waals surface area contributed by atoms with E-state index in [1.807, 2.05) is 43.3 Å². The standard InChI is InChI=1S/C20H23N3O2S/c1-14-7-8-15(19(24)22-16-9-10-16)13-18(14)23-20(25)21-11-12-26-17-5-3-2-4-6-17/h2-8,13,16H,9-12H2,1H3,(H,22,24)(H2,21,23,25). The number of thioether (sulfide) groups is 1. The number of hydrogen-bond donors (Lipinski definition) is 3. The van der Waals surface area contributed by atoms with Crippen LogP contribution in [0.1, 0.15) is 28.8 Å². The molecule has 1 saturated carbocycles. The Kier molecular flexibility index (Phi) is 6.17. The fraction of sp³-hybridized carbons (Fsp3) is 0.300. The molecule has 136 valence electrons. The largest absolute Gasteiger partial charge is 0.349 e. The van der Waals surface area contributed by atoms with Crippen LogP contribution in [0.15, 0.2) is 53.4 Å². The molecule has 1 aliphatic carbocycles. The smallest absolute Gasteiger partial charge is 0.319 e. The Morgan fingerprint density at radius 2 is 1.88 bits per heavy atom. The van der Waals surface area contributed by atoms with Gasteiger partial charge in [0.05, 0.1) is 0 Å². The van der Waals surface area contributed by atoms with Gasteiger partial charge in [-0.15, -0.1) is 11.8 Å². The summed E-state index contributed by atoms with van der Waals surface area (Å²) in [6.45, 7) is 2.47. The lowest BCUT2D eigenvalue weighted by Gasteiger charge is -2.12. The molecule has 26 heavy (non-hydrogen) atoms. The second-order valence-corrected chi connectivity index (χ2v) is 7.49. The van der Waals surface area contributed by atoms with Crippen LogP contribution in [0.2, 0.25) is 0 Å². The molecule has 0 unspecified atom stereocenters. The van der Waals surface area contributed by atoms with Crippen molar-refractivity contribution in [1.82, 2.24) is 10.6 Å². The molecule has 3 N–H and O–H groups in total. The molecule has 5 nitrogen and oxygen atoms in total. The topological polar surface area (TPSA) is 70.2 Å². The van der Waals surface area contributed by atoms with Crippen molar-refractivity contribution in [2.75, 3.05) is 17.6 Å². The first-order valence-corrected chi connectivity index (χ1v) is 9.74. The molecule has 2 aromatic carbocycles. The van der Waals surface area contributed by atoms with Gasteiger partial charge < -0.3 is 16.0 Å². The zero-order valence-corrected chi connectivity index (χ0v) is 15.6. The summed E-state index contributed by atoms with van der Waals surface area (Å²) >= 11 is 1.69. The second kappa shape index (κ2) is 8.76. The van der Waals surface area contributed by atoms with Crippen molar-refractivity contribution < 1.29 is 9.59 Å². The Hall–Kier alpha value is -2.47. The first-order valence-electron chi connectivity index (χ1n) is 8.76. The van der Waals surface area contributed by atoms with Crippen molar-refractivity contribution in [1.29, 1.82) is 0 Å². The Labute approximate surface area is 157 Å². The minimum absolute atomic E-state index is 0.0878. The number of aryl methyl sites for hydroxylation is 1. The fourth-order valence-corrected chi connectivity index (χ4v) is 3.20. The summed E-state index contributed by atoms with van der Waals surface area (Å²) in [5, 5.41) is 8.64. The Balaban J connectivity index is 1.47. The van der Waals surface area contributed by atoms with E-state index in [2.05, 4.69) is 16.0 Å². The zero-order chi connectivity index (χ0) is 18.4. The van der Waals surface area contributed by atoms with E-state index in [0.717, 1.165) is 24.2 Å². The van der Waals surface area contributed by atoms with Crippen LogP contribution in [0.3, 0.4) is 0 Å². The van der Waals surface area contributed by atoms with Gasteiger partial charge in [-0.25, -0.2) is 4.79 Å². The van der Waals surface area contributed by atoms with Crippen LogP contribution < -0.4 is 16.0 Å². The van der Waals surface area contributed by atoms with E-state index >= 15 is 0 Å². The summed E-state index contributed by atoms with van der Waals surface area (Å²) in [5.74, 6) is 0.704. The molecule has 0 heterocycles. The van der Waals surface area contributed by atoms with Gasteiger partial charge in [0.25, 0.3) is 5.91 Å². The third kappa shape index (κ3) is 5.52. The Morgan fingerprint density at radius 3 is 2.62 bits per heavy atom. The summed E-state index contributed by atoms with van der Waals surface area (Å²) in [5.41, 5.74) is 2.14. The highest BCUT2D eigenvalue weighted by Crippen LogP contribution is 2.21. The van der Waals surface area contributed by atoms with Gasteiger partial charge in [-0.2, -0.15) is 0 Å². The highest BCUT2D eigenvalue weighted by Gasteiger charge is 2.24. The van der Waals surface area contributed by atoms with Gasteiger partial charge in [0.1, 0.15) is 0 Å². The maximum Gasteiger partial charge on any atom is 0.319 e. The lowest BCUT2D eigenvalue weighted by molar-refractivity contribution is 0.0951. The predicted molar refractivity (Wildman–Crippen MR) is 106 cm³/mol. The molecule has 3 rings (SSSR count). The van der Waals surface area contributed by atoms with E-state index < -0.39 is 0 Å². The molecule has 3 amide bonds. The molecule has 0 bridgehead atoms. The lowest BCUT2D eigenvalue weighted by atomic mass is 10.1. The Morgan fingerprint density at radius 1 is 1.12 bits per heavy atom. The van der Waals surface area contributed by atoms with Crippen LogP contribution in [0.5, 0.6) is 0 Å². The van der Waals surface area contributed by atoms with Crippen LogP contribution in [0.4, 0.5) is 10.5 Å². The van der Waals surface area contributed by atoms with Crippen LogP contribution >= 0.6 is 11.8 Å². The maximum absolute atomic E-state index is 12.1. The van der Waals surface area contributed by atoms with Gasteiger partial charge in [0, 0.05) is 34.5 Å². The van der Waals surface area contributed by atoms with Crippen LogP contribution in [0.25, 0.3) is 0 Å². The number of carbonyl (C=O) groups excluding carboxylic acids is 2. The van der Waals surface area contributed by atoms with Gasteiger partial charge in [-0.3, -0.25) is 4.79 Å². The van der Waals surface area contributed by atoms with Gasteiger partial charge >= 0.3 is 6.03 Å². The van der Waals surface area contributed by atoms with E-state index in [-0.39, 0.29) is 11.9 Å². The molecule has 0 saturated heterocycles. The molecule has 1 aliphatic rings. The number of rotatable bonds is 7. The fourth-order valence-electron chi connectivity index (χ4n) is 2.41. The summed E-state index contributed by atoms with van der Waals surface area (Å²) in [7, 11) is 0. The van der Waals surface area contributed by atoms with E-state index in [0.29, 0.717) is 23.8 Å². The monoisotopic (exact) mass is 369 g/mol. The average molecular weight is 369 g/mol. The average Bonchev–Trinajstić information content (AvgIpc) is 3.45. The predicted octanol–water partition coefficient (Wildman–Crippen LogP) is 3.80. The molecule has 0 radical (unpaired) electrons. The van der Waals surface area contributed by atoms with Crippen LogP contribution in [-0.4, -0.2) is 30.3 Å². The summed E-state index contributed by atoms with van der Waals surface area (Å²) in [6, 6.07) is 15.5. The van der Waals surface area contributed by atoms with E-state index in [1.54, 1.807) is 23.9 Å². The third-order valence-electron chi connectivity index (χ3n) is 4.06. The Bertz CT molecular complexity index is 776. The van der Waals surface area contributed by atoms with Gasteiger partial charge in [0.2, 0.25) is 0 Å². The molecule has 0 aliphatic heterocycles. The summed E-state index contributed by atoms with van der Waals surface area (Å²) in [4.78, 5) is 25.4. The highest BCUT2D eigenvalue weighted by molar-refractivity contribution is 7.99. The molecule has 0 spiro atoms. The molecule has 0 aromatic heterocycles. The molecule has 2 aromatic rings. The summed E-state index contributed by atoms with van der Waals surface area (Å²) < 4.78 is 0. The van der Waals surface area contributed by atoms with Gasteiger partial charge in [-0.05, 0) is 49.6 Å². The van der Waals surface area contributed by atoms with Crippen molar-refractivity contribution >= 4 is 29.4 Å². The SMILES string of the molecule is Cc1ccc(C(=O)NC2CC2)cc1NC(=O)NCCSc1ccccc1. The van der Waals surface area contributed by atoms with Crippen LogP contribution in [-0.2, 0) is 0 Å². The van der Waals surface area contributed by atoms with Crippen LogP contribution in [0, 0.1) is 6.92 Å². The molecular formula is C20H23N3O2S.